The van der Waals surface area contributed by atoms with Gasteiger partial charge in [-0.3, -0.25) is 9.59 Å². The fraction of sp³-hybridized carbons (Fsp3) is 0.467. The van der Waals surface area contributed by atoms with Crippen LogP contribution in [0.4, 0.5) is 0 Å². The number of hydrogen-bond donors (Lipinski definition) is 1. The summed E-state index contributed by atoms with van der Waals surface area (Å²) in [5.41, 5.74) is 0. The molecular formula is C15H17ClN2O4S. The lowest BCUT2D eigenvalue weighted by Crippen LogP contribution is -2.37. The van der Waals surface area contributed by atoms with Crippen molar-refractivity contribution in [3.05, 3.63) is 29.3 Å². The van der Waals surface area contributed by atoms with Gasteiger partial charge in [-0.2, -0.15) is 0 Å². The molecule has 1 unspecified atom stereocenters. The topological polar surface area (TPSA) is 83.5 Å². The van der Waals surface area contributed by atoms with Gasteiger partial charge in [-0.15, -0.1) is 0 Å². The Morgan fingerprint density at radius 2 is 1.91 bits per heavy atom. The van der Waals surface area contributed by atoms with E-state index < -0.39 is 21.8 Å². The average molecular weight is 357 g/mol. The molecule has 6 nitrogen and oxygen atoms in total. The number of sulfonamides is 1. The SMILES string of the molecule is O=C(NS(=O)(=O)c1ccc(Cl)cc1)C1CC(=O)N(CC2CC2)C1. The van der Waals surface area contributed by atoms with E-state index in [0.29, 0.717) is 17.5 Å². The lowest BCUT2D eigenvalue weighted by Gasteiger charge is -2.16. The van der Waals surface area contributed by atoms with Crippen LogP contribution in [-0.4, -0.2) is 38.2 Å². The molecule has 1 aliphatic carbocycles. The fourth-order valence-corrected chi connectivity index (χ4v) is 3.79. The van der Waals surface area contributed by atoms with Gasteiger partial charge in [0.05, 0.1) is 10.8 Å². The molecule has 2 aliphatic rings. The lowest BCUT2D eigenvalue weighted by molar-refractivity contribution is -0.128. The summed E-state index contributed by atoms with van der Waals surface area (Å²) in [6.07, 6.45) is 2.30. The van der Waals surface area contributed by atoms with E-state index in [1.54, 1.807) is 4.90 Å². The Hall–Kier alpha value is -1.60. The normalized spacial score (nSPS) is 21.5. The number of benzene rings is 1. The molecule has 1 aromatic rings. The highest BCUT2D eigenvalue weighted by Crippen LogP contribution is 2.32. The number of hydrogen-bond acceptors (Lipinski definition) is 4. The number of halogens is 1. The Labute approximate surface area is 139 Å². The first kappa shape index (κ1) is 16.3. The molecule has 1 N–H and O–H groups in total. The molecule has 124 valence electrons. The number of nitrogens with one attached hydrogen (secondary N) is 1. The Kier molecular flexibility index (Phi) is 4.33. The van der Waals surface area contributed by atoms with Crippen molar-refractivity contribution in [3.8, 4) is 0 Å². The van der Waals surface area contributed by atoms with Crippen molar-refractivity contribution in [1.29, 1.82) is 0 Å². The first-order valence-corrected chi connectivity index (χ1v) is 9.31. The first-order chi connectivity index (χ1) is 10.8. The molecule has 1 saturated carbocycles. The molecule has 2 amide bonds. The smallest absolute Gasteiger partial charge is 0.264 e. The fourth-order valence-electron chi connectivity index (χ4n) is 2.62. The molecular weight excluding hydrogens is 340 g/mol. The lowest BCUT2D eigenvalue weighted by atomic mass is 10.1. The van der Waals surface area contributed by atoms with E-state index in [2.05, 4.69) is 4.72 Å². The van der Waals surface area contributed by atoms with Gasteiger partial charge < -0.3 is 4.90 Å². The van der Waals surface area contributed by atoms with E-state index in [9.17, 15) is 18.0 Å². The van der Waals surface area contributed by atoms with Gasteiger partial charge in [0.1, 0.15) is 0 Å². The van der Waals surface area contributed by atoms with Gasteiger partial charge in [-0.05, 0) is 43.0 Å². The molecule has 0 spiro atoms. The molecule has 1 aliphatic heterocycles. The molecule has 23 heavy (non-hydrogen) atoms. The van der Waals surface area contributed by atoms with Crippen molar-refractivity contribution in [1.82, 2.24) is 9.62 Å². The van der Waals surface area contributed by atoms with Crippen molar-refractivity contribution in [2.75, 3.05) is 13.1 Å². The third-order valence-electron chi connectivity index (χ3n) is 4.12. The number of rotatable bonds is 5. The standard InChI is InChI=1S/C15H17ClN2O4S/c16-12-3-5-13(6-4-12)23(21,22)17-15(20)11-7-14(19)18(9-11)8-10-1-2-10/h3-6,10-11H,1-2,7-9H2,(H,17,20). The second-order valence-electron chi connectivity index (χ2n) is 6.07. The van der Waals surface area contributed by atoms with Crippen LogP contribution in [0.15, 0.2) is 29.2 Å². The van der Waals surface area contributed by atoms with E-state index in [1.807, 2.05) is 0 Å². The predicted molar refractivity (Wildman–Crippen MR) is 84.2 cm³/mol. The van der Waals surface area contributed by atoms with E-state index in [1.165, 1.54) is 24.3 Å². The maximum atomic E-state index is 12.2. The molecule has 0 radical (unpaired) electrons. The second-order valence-corrected chi connectivity index (χ2v) is 8.19. The van der Waals surface area contributed by atoms with Crippen LogP contribution in [0, 0.1) is 11.8 Å². The minimum absolute atomic E-state index is 0.0330. The summed E-state index contributed by atoms with van der Waals surface area (Å²) in [7, 11) is -3.95. The average Bonchev–Trinajstić information content (AvgIpc) is 3.22. The van der Waals surface area contributed by atoms with Gasteiger partial charge in [0.2, 0.25) is 11.8 Å². The number of amides is 2. The van der Waals surface area contributed by atoms with Crippen LogP contribution >= 0.6 is 11.6 Å². The van der Waals surface area contributed by atoms with Gasteiger partial charge >= 0.3 is 0 Å². The summed E-state index contributed by atoms with van der Waals surface area (Å²) in [5, 5.41) is 0.410. The second kappa shape index (κ2) is 6.13. The zero-order chi connectivity index (χ0) is 16.6. The minimum Gasteiger partial charge on any atom is -0.342 e. The highest BCUT2D eigenvalue weighted by atomic mass is 35.5. The number of likely N-dealkylation sites (tertiary alicyclic amines) is 1. The summed E-state index contributed by atoms with van der Waals surface area (Å²) < 4.78 is 26.4. The summed E-state index contributed by atoms with van der Waals surface area (Å²) in [6.45, 7) is 0.962. The molecule has 1 heterocycles. The van der Waals surface area contributed by atoms with Gasteiger partial charge in [-0.1, -0.05) is 11.6 Å². The van der Waals surface area contributed by atoms with Gasteiger partial charge in [0.15, 0.2) is 0 Å². The van der Waals surface area contributed by atoms with Crippen LogP contribution in [-0.2, 0) is 19.6 Å². The summed E-state index contributed by atoms with van der Waals surface area (Å²) in [6, 6.07) is 5.54. The van der Waals surface area contributed by atoms with Crippen LogP contribution in [0.3, 0.4) is 0 Å². The summed E-state index contributed by atoms with van der Waals surface area (Å²) >= 11 is 5.72. The molecule has 8 heteroatoms. The van der Waals surface area contributed by atoms with Crippen LogP contribution in [0.1, 0.15) is 19.3 Å². The molecule has 0 bridgehead atoms. The Bertz CT molecular complexity index is 728. The highest BCUT2D eigenvalue weighted by Gasteiger charge is 2.38. The third kappa shape index (κ3) is 3.84. The van der Waals surface area contributed by atoms with Crippen molar-refractivity contribution >= 4 is 33.4 Å². The van der Waals surface area contributed by atoms with Crippen molar-refractivity contribution < 1.29 is 18.0 Å². The van der Waals surface area contributed by atoms with E-state index in [-0.39, 0.29) is 23.8 Å². The molecule has 1 aromatic carbocycles. The Balaban J connectivity index is 1.64. The summed E-state index contributed by atoms with van der Waals surface area (Å²) in [4.78, 5) is 25.7. The van der Waals surface area contributed by atoms with Crippen LogP contribution in [0.5, 0.6) is 0 Å². The number of carbonyl (C=O) groups excluding carboxylic acids is 2. The van der Waals surface area contributed by atoms with Crippen molar-refractivity contribution in [3.63, 3.8) is 0 Å². The van der Waals surface area contributed by atoms with Crippen LogP contribution < -0.4 is 4.72 Å². The molecule has 1 atom stereocenters. The molecule has 0 aromatic heterocycles. The maximum Gasteiger partial charge on any atom is 0.264 e. The van der Waals surface area contributed by atoms with Crippen molar-refractivity contribution in [2.45, 2.75) is 24.2 Å². The third-order valence-corrected chi connectivity index (χ3v) is 5.73. The largest absolute Gasteiger partial charge is 0.342 e. The van der Waals surface area contributed by atoms with Crippen molar-refractivity contribution in [2.24, 2.45) is 11.8 Å². The van der Waals surface area contributed by atoms with Gasteiger partial charge in [0, 0.05) is 24.5 Å². The molecule has 2 fully saturated rings. The van der Waals surface area contributed by atoms with Gasteiger partial charge in [0.25, 0.3) is 10.0 Å². The van der Waals surface area contributed by atoms with Crippen LogP contribution in [0.25, 0.3) is 0 Å². The zero-order valence-electron chi connectivity index (χ0n) is 12.4. The molecule has 3 rings (SSSR count). The highest BCUT2D eigenvalue weighted by molar-refractivity contribution is 7.90. The zero-order valence-corrected chi connectivity index (χ0v) is 13.9. The first-order valence-electron chi connectivity index (χ1n) is 7.45. The monoisotopic (exact) mass is 356 g/mol. The number of nitrogens with zero attached hydrogens (tertiary/aromatic N) is 1. The Morgan fingerprint density at radius 3 is 2.52 bits per heavy atom. The van der Waals surface area contributed by atoms with Crippen LogP contribution in [0.2, 0.25) is 5.02 Å². The van der Waals surface area contributed by atoms with Gasteiger partial charge in [-0.25, -0.2) is 13.1 Å². The maximum absolute atomic E-state index is 12.2. The quantitative estimate of drug-likeness (QED) is 0.864. The minimum atomic E-state index is -3.95. The summed E-state index contributed by atoms with van der Waals surface area (Å²) in [5.74, 6) is -0.797. The predicted octanol–water partition coefficient (Wildman–Crippen LogP) is 1.40. The van der Waals surface area contributed by atoms with E-state index >= 15 is 0 Å². The van der Waals surface area contributed by atoms with E-state index in [0.717, 1.165) is 12.8 Å². The Morgan fingerprint density at radius 1 is 1.26 bits per heavy atom. The number of carbonyl (C=O) groups is 2. The van der Waals surface area contributed by atoms with E-state index in [4.69, 9.17) is 11.6 Å². The molecule has 1 saturated heterocycles.